The predicted octanol–water partition coefficient (Wildman–Crippen LogP) is 1.81. The van der Waals surface area contributed by atoms with Crippen molar-refractivity contribution in [1.29, 1.82) is 0 Å². The fourth-order valence-corrected chi connectivity index (χ4v) is 1.70. The van der Waals surface area contributed by atoms with Crippen LogP contribution in [0.4, 0.5) is 5.69 Å². The van der Waals surface area contributed by atoms with Crippen molar-refractivity contribution < 1.29 is 9.53 Å². The Bertz CT molecular complexity index is 572. The van der Waals surface area contributed by atoms with E-state index in [4.69, 9.17) is 10.5 Å². The Morgan fingerprint density at radius 2 is 2.00 bits per heavy atom. The summed E-state index contributed by atoms with van der Waals surface area (Å²) in [7, 11) is 1.70. The van der Waals surface area contributed by atoms with E-state index in [0.29, 0.717) is 18.8 Å². The molecule has 1 heterocycles. The van der Waals surface area contributed by atoms with E-state index in [1.54, 1.807) is 30.3 Å². The molecule has 1 aromatic heterocycles. The number of ether oxygens (including phenoxy) is 1. The fraction of sp³-hybridized carbons (Fsp3) is 0.200. The Hall–Kier alpha value is -2.56. The molecule has 0 aliphatic carbocycles. The Kier molecular flexibility index (Phi) is 4.55. The molecule has 0 aliphatic rings. The summed E-state index contributed by atoms with van der Waals surface area (Å²) in [5.74, 6) is 0.575. The molecule has 20 heavy (non-hydrogen) atoms. The summed E-state index contributed by atoms with van der Waals surface area (Å²) in [4.78, 5) is 17.7. The van der Waals surface area contributed by atoms with Gasteiger partial charge in [0.1, 0.15) is 12.4 Å². The molecular formula is C15H17N3O2. The van der Waals surface area contributed by atoms with Gasteiger partial charge in [0.2, 0.25) is 0 Å². The minimum absolute atomic E-state index is 0.209. The summed E-state index contributed by atoms with van der Waals surface area (Å²) in [6.07, 6.45) is 1.55. The lowest BCUT2D eigenvalue weighted by Crippen LogP contribution is -2.32. The highest BCUT2D eigenvalue weighted by Crippen LogP contribution is 2.10. The van der Waals surface area contributed by atoms with Gasteiger partial charge in [-0.25, -0.2) is 4.98 Å². The average Bonchev–Trinajstić information content (AvgIpc) is 2.48. The molecule has 0 saturated carbocycles. The second-order valence-corrected chi connectivity index (χ2v) is 4.33. The summed E-state index contributed by atoms with van der Waals surface area (Å²) >= 11 is 0. The van der Waals surface area contributed by atoms with E-state index in [1.807, 2.05) is 30.3 Å². The van der Waals surface area contributed by atoms with Gasteiger partial charge in [0, 0.05) is 13.2 Å². The lowest BCUT2D eigenvalue weighted by atomic mass is 10.2. The van der Waals surface area contributed by atoms with Crippen LogP contribution in [-0.4, -0.2) is 36.0 Å². The molecule has 2 N–H and O–H groups in total. The number of nitrogens with zero attached hydrogens (tertiary/aromatic N) is 2. The number of hydrogen-bond donors (Lipinski definition) is 1. The van der Waals surface area contributed by atoms with Crippen LogP contribution in [0, 0.1) is 0 Å². The second kappa shape index (κ2) is 6.56. The predicted molar refractivity (Wildman–Crippen MR) is 77.5 cm³/mol. The summed E-state index contributed by atoms with van der Waals surface area (Å²) < 4.78 is 5.55. The van der Waals surface area contributed by atoms with Gasteiger partial charge in [0.15, 0.2) is 5.69 Å². The molecule has 2 rings (SSSR count). The number of nitrogen functional groups attached to an aromatic ring is 1. The number of para-hydroxylation sites is 1. The maximum Gasteiger partial charge on any atom is 0.274 e. The Morgan fingerprint density at radius 3 is 2.70 bits per heavy atom. The Balaban J connectivity index is 1.87. The zero-order valence-corrected chi connectivity index (χ0v) is 11.3. The Morgan fingerprint density at radius 1 is 1.25 bits per heavy atom. The van der Waals surface area contributed by atoms with Crippen molar-refractivity contribution >= 4 is 11.6 Å². The molecule has 1 amide bonds. The van der Waals surface area contributed by atoms with E-state index < -0.39 is 0 Å². The van der Waals surface area contributed by atoms with E-state index >= 15 is 0 Å². The summed E-state index contributed by atoms with van der Waals surface area (Å²) in [6.45, 7) is 0.878. The first-order chi connectivity index (χ1) is 9.68. The molecule has 0 unspecified atom stereocenters. The third-order valence-corrected chi connectivity index (χ3v) is 2.83. The molecule has 0 aliphatic heterocycles. The van der Waals surface area contributed by atoms with Crippen molar-refractivity contribution in [2.45, 2.75) is 0 Å². The van der Waals surface area contributed by atoms with Gasteiger partial charge in [-0.2, -0.15) is 0 Å². The van der Waals surface area contributed by atoms with Crippen molar-refractivity contribution in [3.63, 3.8) is 0 Å². The van der Waals surface area contributed by atoms with Crippen LogP contribution < -0.4 is 10.5 Å². The third-order valence-electron chi connectivity index (χ3n) is 2.83. The number of aromatic nitrogens is 1. The zero-order valence-electron chi connectivity index (χ0n) is 11.3. The minimum Gasteiger partial charge on any atom is -0.492 e. The van der Waals surface area contributed by atoms with Crippen LogP contribution in [0.5, 0.6) is 5.75 Å². The van der Waals surface area contributed by atoms with Crippen LogP contribution >= 0.6 is 0 Å². The second-order valence-electron chi connectivity index (χ2n) is 4.33. The van der Waals surface area contributed by atoms with Gasteiger partial charge < -0.3 is 15.4 Å². The molecule has 0 fully saturated rings. The smallest absolute Gasteiger partial charge is 0.274 e. The number of anilines is 1. The summed E-state index contributed by atoms with van der Waals surface area (Å²) in [5.41, 5.74) is 6.39. The molecule has 104 valence electrons. The molecule has 0 saturated heterocycles. The number of hydrogen-bond acceptors (Lipinski definition) is 4. The van der Waals surface area contributed by atoms with Crippen molar-refractivity contribution in [3.8, 4) is 5.75 Å². The lowest BCUT2D eigenvalue weighted by Gasteiger charge is -2.17. The summed E-state index contributed by atoms with van der Waals surface area (Å²) in [6, 6.07) is 12.8. The highest BCUT2D eigenvalue weighted by molar-refractivity contribution is 5.96. The van der Waals surface area contributed by atoms with E-state index in [0.717, 1.165) is 5.75 Å². The number of carbonyl (C=O) groups excluding carboxylic acids is 1. The highest BCUT2D eigenvalue weighted by Gasteiger charge is 2.15. The van der Waals surface area contributed by atoms with Gasteiger partial charge in [0.05, 0.1) is 12.2 Å². The number of amides is 1. The largest absolute Gasteiger partial charge is 0.492 e. The molecule has 0 spiro atoms. The van der Waals surface area contributed by atoms with Crippen LogP contribution in [0.25, 0.3) is 0 Å². The van der Waals surface area contributed by atoms with Crippen LogP contribution in [0.3, 0.4) is 0 Å². The number of pyridine rings is 1. The maximum atomic E-state index is 12.1. The van der Waals surface area contributed by atoms with E-state index in [2.05, 4.69) is 4.98 Å². The molecular weight excluding hydrogens is 254 g/mol. The van der Waals surface area contributed by atoms with E-state index in [9.17, 15) is 4.79 Å². The molecule has 0 bridgehead atoms. The first-order valence-corrected chi connectivity index (χ1v) is 6.32. The molecule has 5 nitrogen and oxygen atoms in total. The Labute approximate surface area is 118 Å². The fourth-order valence-electron chi connectivity index (χ4n) is 1.70. The summed E-state index contributed by atoms with van der Waals surface area (Å²) in [5, 5.41) is 0. The van der Waals surface area contributed by atoms with Crippen molar-refractivity contribution in [3.05, 3.63) is 54.4 Å². The van der Waals surface area contributed by atoms with Gasteiger partial charge in [-0.15, -0.1) is 0 Å². The number of benzene rings is 1. The average molecular weight is 271 g/mol. The first-order valence-electron chi connectivity index (χ1n) is 6.32. The standard InChI is InChI=1S/C15H17N3O2/c1-18(10-11-20-12-6-3-2-4-7-12)15(19)14-13(16)8-5-9-17-14/h2-9H,10-11,16H2,1H3. The molecule has 5 heteroatoms. The van der Waals surface area contributed by atoms with Crippen LogP contribution in [0.1, 0.15) is 10.5 Å². The number of carbonyl (C=O) groups is 1. The van der Waals surface area contributed by atoms with Gasteiger partial charge in [-0.1, -0.05) is 18.2 Å². The minimum atomic E-state index is -0.209. The van der Waals surface area contributed by atoms with Gasteiger partial charge >= 0.3 is 0 Å². The van der Waals surface area contributed by atoms with Crippen LogP contribution in [-0.2, 0) is 0 Å². The quantitative estimate of drug-likeness (QED) is 0.900. The molecule has 1 aromatic carbocycles. The zero-order chi connectivity index (χ0) is 14.4. The number of nitrogens with two attached hydrogens (primary N) is 1. The molecule has 0 atom stereocenters. The van der Waals surface area contributed by atoms with Gasteiger partial charge in [0.25, 0.3) is 5.91 Å². The normalized spacial score (nSPS) is 10.1. The van der Waals surface area contributed by atoms with Crippen molar-refractivity contribution in [2.24, 2.45) is 0 Å². The molecule has 2 aromatic rings. The monoisotopic (exact) mass is 271 g/mol. The maximum absolute atomic E-state index is 12.1. The highest BCUT2D eigenvalue weighted by atomic mass is 16.5. The van der Waals surface area contributed by atoms with Gasteiger partial charge in [-0.3, -0.25) is 4.79 Å². The topological polar surface area (TPSA) is 68.5 Å². The SMILES string of the molecule is CN(CCOc1ccccc1)C(=O)c1ncccc1N. The van der Waals surface area contributed by atoms with Crippen LogP contribution in [0.15, 0.2) is 48.7 Å². The van der Waals surface area contributed by atoms with Crippen LogP contribution in [0.2, 0.25) is 0 Å². The third kappa shape index (κ3) is 3.47. The number of likely N-dealkylation sites (N-methyl/N-ethyl adjacent to an activating group) is 1. The van der Waals surface area contributed by atoms with Crippen molar-refractivity contribution in [2.75, 3.05) is 25.9 Å². The first kappa shape index (κ1) is 13.9. The lowest BCUT2D eigenvalue weighted by molar-refractivity contribution is 0.0769. The molecule has 0 radical (unpaired) electrons. The van der Waals surface area contributed by atoms with E-state index in [1.165, 1.54) is 0 Å². The number of rotatable bonds is 5. The van der Waals surface area contributed by atoms with Gasteiger partial charge in [-0.05, 0) is 24.3 Å². The van der Waals surface area contributed by atoms with Crippen molar-refractivity contribution in [1.82, 2.24) is 9.88 Å². The van der Waals surface area contributed by atoms with E-state index in [-0.39, 0.29) is 11.6 Å².